The number of carbonyl (C=O) groups is 1. The fourth-order valence-electron chi connectivity index (χ4n) is 3.64. The third-order valence-electron chi connectivity index (χ3n) is 5.29. The van der Waals surface area contributed by atoms with Crippen molar-refractivity contribution in [2.24, 2.45) is 10.4 Å². The molecule has 0 bridgehead atoms. The number of carbonyl (C=O) groups excluding carboxylic acids is 1. The molecule has 166 valence electrons. The highest BCUT2D eigenvalue weighted by Crippen LogP contribution is 2.39. The Labute approximate surface area is 187 Å². The number of rotatable bonds is 8. The molecule has 1 saturated heterocycles. The second-order valence-electron chi connectivity index (χ2n) is 7.48. The summed E-state index contributed by atoms with van der Waals surface area (Å²) in [6.45, 7) is 12.4. The third-order valence-corrected chi connectivity index (χ3v) is 5.29. The van der Waals surface area contributed by atoms with Gasteiger partial charge >= 0.3 is 0 Å². The van der Waals surface area contributed by atoms with Gasteiger partial charge in [0, 0.05) is 25.5 Å². The lowest BCUT2D eigenvalue weighted by molar-refractivity contribution is 0.0646. The predicted molar refractivity (Wildman–Crippen MR) is 122 cm³/mol. The lowest BCUT2D eigenvalue weighted by atomic mass is 9.74. The number of hydrogen-bond donors (Lipinski definition) is 0. The predicted octanol–water partition coefficient (Wildman–Crippen LogP) is 5.62. The largest absolute Gasteiger partial charge is 0.338 e. The SMILES string of the molecule is C=CN=C(/C=C\C)c1ncccc1C(=O)N1CCC(C#N)(C/C(=C/C(=C)F)C(=C)F)CC1. The molecular weight excluding hydrogens is 410 g/mol. The van der Waals surface area contributed by atoms with E-state index >= 15 is 0 Å². The number of halogens is 2. The molecule has 0 atom stereocenters. The Morgan fingerprint density at radius 1 is 1.38 bits per heavy atom. The lowest BCUT2D eigenvalue weighted by Crippen LogP contribution is -2.43. The van der Waals surface area contributed by atoms with Crippen LogP contribution in [0.15, 0.2) is 84.7 Å². The molecule has 1 aromatic rings. The van der Waals surface area contributed by atoms with Crippen LogP contribution in [0, 0.1) is 16.7 Å². The summed E-state index contributed by atoms with van der Waals surface area (Å²) in [6, 6.07) is 5.60. The Morgan fingerprint density at radius 2 is 2.06 bits per heavy atom. The van der Waals surface area contributed by atoms with E-state index in [1.54, 1.807) is 35.4 Å². The van der Waals surface area contributed by atoms with Crippen LogP contribution < -0.4 is 0 Å². The highest BCUT2D eigenvalue weighted by atomic mass is 19.1. The molecule has 0 aromatic carbocycles. The maximum atomic E-state index is 13.8. The maximum absolute atomic E-state index is 13.8. The number of pyridine rings is 1. The average molecular weight is 437 g/mol. The summed E-state index contributed by atoms with van der Waals surface area (Å²) in [5.74, 6) is -1.83. The van der Waals surface area contributed by atoms with Crippen molar-refractivity contribution in [3.05, 3.63) is 91.0 Å². The summed E-state index contributed by atoms with van der Waals surface area (Å²) in [4.78, 5) is 23.4. The molecule has 0 spiro atoms. The summed E-state index contributed by atoms with van der Waals surface area (Å²) >= 11 is 0. The maximum Gasteiger partial charge on any atom is 0.256 e. The van der Waals surface area contributed by atoms with Crippen molar-refractivity contribution in [2.75, 3.05) is 13.1 Å². The van der Waals surface area contributed by atoms with Crippen molar-refractivity contribution in [1.29, 1.82) is 5.26 Å². The van der Waals surface area contributed by atoms with Crippen molar-refractivity contribution in [3.63, 3.8) is 0 Å². The molecule has 1 aliphatic heterocycles. The van der Waals surface area contributed by atoms with Gasteiger partial charge in [0.05, 0.1) is 22.8 Å². The van der Waals surface area contributed by atoms with Gasteiger partial charge < -0.3 is 4.90 Å². The van der Waals surface area contributed by atoms with Crippen molar-refractivity contribution in [1.82, 2.24) is 9.88 Å². The van der Waals surface area contributed by atoms with Gasteiger partial charge in [0.2, 0.25) is 0 Å². The van der Waals surface area contributed by atoms with Gasteiger partial charge in [-0.05, 0) is 56.0 Å². The fourth-order valence-corrected chi connectivity index (χ4v) is 3.64. The van der Waals surface area contributed by atoms with Crippen LogP contribution in [0.2, 0.25) is 0 Å². The minimum Gasteiger partial charge on any atom is -0.338 e. The van der Waals surface area contributed by atoms with E-state index in [1.165, 1.54) is 6.20 Å². The first-order valence-corrected chi connectivity index (χ1v) is 10.1. The first-order valence-electron chi connectivity index (χ1n) is 10.1. The average Bonchev–Trinajstić information content (AvgIpc) is 2.78. The van der Waals surface area contributed by atoms with Crippen LogP contribution in [-0.4, -0.2) is 34.6 Å². The molecule has 7 heteroatoms. The van der Waals surface area contributed by atoms with Gasteiger partial charge in [0.25, 0.3) is 5.91 Å². The number of aliphatic imine (C=N–C) groups is 1. The van der Waals surface area contributed by atoms with Crippen LogP contribution in [-0.2, 0) is 0 Å². The molecule has 0 radical (unpaired) electrons. The van der Waals surface area contributed by atoms with E-state index in [1.807, 2.05) is 6.92 Å². The smallest absolute Gasteiger partial charge is 0.256 e. The van der Waals surface area contributed by atoms with Crippen molar-refractivity contribution >= 4 is 11.6 Å². The molecule has 1 fully saturated rings. The Kier molecular flexibility index (Phi) is 8.54. The number of aromatic nitrogens is 1. The Hall–Kier alpha value is -3.66. The zero-order valence-electron chi connectivity index (χ0n) is 18.2. The molecule has 1 aliphatic rings. The minimum absolute atomic E-state index is 0.000613. The van der Waals surface area contributed by atoms with Gasteiger partial charge in [-0.1, -0.05) is 25.8 Å². The minimum atomic E-state index is -0.925. The van der Waals surface area contributed by atoms with Gasteiger partial charge in [-0.2, -0.15) is 5.26 Å². The van der Waals surface area contributed by atoms with Crippen LogP contribution in [0.1, 0.15) is 42.2 Å². The van der Waals surface area contributed by atoms with E-state index in [0.29, 0.717) is 42.9 Å². The number of allylic oxidation sites excluding steroid dienone is 6. The van der Waals surface area contributed by atoms with E-state index in [4.69, 9.17) is 0 Å². The molecule has 0 unspecified atom stereocenters. The number of nitriles is 1. The zero-order chi connectivity index (χ0) is 23.7. The number of piperidine rings is 1. The van der Waals surface area contributed by atoms with Crippen molar-refractivity contribution < 1.29 is 13.6 Å². The van der Waals surface area contributed by atoms with E-state index in [9.17, 15) is 18.8 Å². The summed E-state index contributed by atoms with van der Waals surface area (Å²) in [7, 11) is 0. The van der Waals surface area contributed by atoms with E-state index < -0.39 is 17.1 Å². The standard InChI is InChI=1S/C25H26F2N4O/c1-5-8-22(29-6-2)23-21(9-7-12-30-23)24(32)31-13-10-25(17-28,11-14-31)16-20(19(4)27)15-18(3)26/h5-9,12,15H,2-4,10-11,13-14,16H2,1H3/b8-5-,20-15-,29-22?. The quantitative estimate of drug-likeness (QED) is 0.392. The molecule has 2 rings (SSSR count). The summed E-state index contributed by atoms with van der Waals surface area (Å²) in [6.07, 6.45) is 8.10. The van der Waals surface area contributed by atoms with Gasteiger partial charge in [-0.15, -0.1) is 0 Å². The topological polar surface area (TPSA) is 69.3 Å². The molecule has 0 N–H and O–H groups in total. The van der Waals surface area contributed by atoms with Crippen LogP contribution in [0.4, 0.5) is 8.78 Å². The van der Waals surface area contributed by atoms with Gasteiger partial charge in [0.15, 0.2) is 0 Å². The highest BCUT2D eigenvalue weighted by Gasteiger charge is 2.38. The van der Waals surface area contributed by atoms with E-state index in [0.717, 1.165) is 6.08 Å². The Morgan fingerprint density at radius 3 is 2.59 bits per heavy atom. The molecular formula is C25H26F2N4O. The number of likely N-dealkylation sites (tertiary alicyclic amines) is 1. The first-order chi connectivity index (χ1) is 15.3. The molecule has 5 nitrogen and oxygen atoms in total. The van der Waals surface area contributed by atoms with E-state index in [2.05, 4.69) is 35.8 Å². The first kappa shape index (κ1) is 24.6. The van der Waals surface area contributed by atoms with E-state index in [-0.39, 0.29) is 17.9 Å². The monoisotopic (exact) mass is 436 g/mol. The van der Waals surface area contributed by atoms with Crippen molar-refractivity contribution in [2.45, 2.75) is 26.2 Å². The normalized spacial score (nSPS) is 16.5. The lowest BCUT2D eigenvalue weighted by Gasteiger charge is -2.37. The molecule has 2 heterocycles. The van der Waals surface area contributed by atoms with Crippen LogP contribution in [0.5, 0.6) is 0 Å². The fraction of sp³-hybridized carbons (Fsp3) is 0.280. The summed E-state index contributed by atoms with van der Waals surface area (Å²) < 4.78 is 27.0. The van der Waals surface area contributed by atoms with Gasteiger partial charge in [0.1, 0.15) is 17.3 Å². The molecule has 1 amide bonds. The zero-order valence-corrected chi connectivity index (χ0v) is 18.2. The molecule has 0 saturated carbocycles. The molecule has 0 aliphatic carbocycles. The third kappa shape index (κ3) is 5.94. The van der Waals surface area contributed by atoms with Crippen LogP contribution in [0.25, 0.3) is 0 Å². The highest BCUT2D eigenvalue weighted by molar-refractivity contribution is 6.14. The number of hydrogen-bond acceptors (Lipinski definition) is 4. The van der Waals surface area contributed by atoms with Gasteiger partial charge in [-0.3, -0.25) is 14.8 Å². The summed E-state index contributed by atoms with van der Waals surface area (Å²) in [5.41, 5.74) is 0.420. The number of nitrogens with zero attached hydrogens (tertiary/aromatic N) is 4. The van der Waals surface area contributed by atoms with Crippen molar-refractivity contribution in [3.8, 4) is 6.07 Å². The molecule has 32 heavy (non-hydrogen) atoms. The molecule has 1 aromatic heterocycles. The van der Waals surface area contributed by atoms with Gasteiger partial charge in [-0.25, -0.2) is 8.78 Å². The van der Waals surface area contributed by atoms with Crippen LogP contribution >= 0.6 is 0 Å². The summed E-state index contributed by atoms with van der Waals surface area (Å²) in [5, 5.41) is 9.79. The second kappa shape index (κ2) is 11.1. The Balaban J connectivity index is 2.25. The van der Waals surface area contributed by atoms with Crippen LogP contribution in [0.3, 0.4) is 0 Å². The Bertz CT molecular complexity index is 1040. The second-order valence-corrected chi connectivity index (χ2v) is 7.48. The number of amides is 1.